The van der Waals surface area contributed by atoms with E-state index in [9.17, 15) is 4.39 Å². The molecule has 2 aromatic carbocycles. The Bertz CT molecular complexity index is 513. The maximum atomic E-state index is 13.7. The van der Waals surface area contributed by atoms with Gasteiger partial charge in [0.15, 0.2) is 0 Å². The summed E-state index contributed by atoms with van der Waals surface area (Å²) in [5.41, 5.74) is 2.73. The fourth-order valence-electron chi connectivity index (χ4n) is 1.80. The highest BCUT2D eigenvalue weighted by Crippen LogP contribution is 2.29. The molecule has 0 N–H and O–H groups in total. The van der Waals surface area contributed by atoms with Crippen LogP contribution in [0.4, 0.5) is 15.8 Å². The van der Waals surface area contributed by atoms with Gasteiger partial charge < -0.3 is 4.90 Å². The number of alkyl halides is 1. The van der Waals surface area contributed by atoms with Gasteiger partial charge in [0.05, 0.1) is 5.69 Å². The summed E-state index contributed by atoms with van der Waals surface area (Å²) in [5, 5.41) is 0.752. The van der Waals surface area contributed by atoms with Crippen molar-refractivity contribution in [2.45, 2.75) is 5.33 Å². The SMILES string of the molecule is CN(c1ccccc1F)c1ccccc1CBr. The number of anilines is 2. The Balaban J connectivity index is 2.44. The molecule has 0 heterocycles. The topological polar surface area (TPSA) is 3.24 Å². The first-order chi connectivity index (χ1) is 8.24. The third kappa shape index (κ3) is 2.50. The number of nitrogens with zero attached hydrogens (tertiary/aromatic N) is 1. The van der Waals surface area contributed by atoms with Crippen molar-refractivity contribution in [1.29, 1.82) is 0 Å². The lowest BCUT2D eigenvalue weighted by Crippen LogP contribution is -2.12. The highest BCUT2D eigenvalue weighted by atomic mass is 79.9. The number of para-hydroxylation sites is 2. The minimum atomic E-state index is -0.209. The lowest BCUT2D eigenvalue weighted by Gasteiger charge is -2.22. The van der Waals surface area contributed by atoms with Crippen LogP contribution in [0.2, 0.25) is 0 Å². The van der Waals surface area contributed by atoms with Gasteiger partial charge in [-0.3, -0.25) is 0 Å². The zero-order valence-electron chi connectivity index (χ0n) is 9.53. The molecule has 0 saturated carbocycles. The minimum absolute atomic E-state index is 0.209. The second-order valence-corrected chi connectivity index (χ2v) is 4.33. The second-order valence-electron chi connectivity index (χ2n) is 3.77. The van der Waals surface area contributed by atoms with Crippen molar-refractivity contribution in [3.05, 3.63) is 59.9 Å². The van der Waals surface area contributed by atoms with E-state index in [0.29, 0.717) is 5.69 Å². The molecule has 0 fully saturated rings. The molecule has 0 amide bonds. The van der Waals surface area contributed by atoms with Gasteiger partial charge in [0.25, 0.3) is 0 Å². The number of halogens is 2. The van der Waals surface area contributed by atoms with Crippen LogP contribution in [0.5, 0.6) is 0 Å². The van der Waals surface area contributed by atoms with Crippen LogP contribution in [0, 0.1) is 5.82 Å². The van der Waals surface area contributed by atoms with E-state index in [1.807, 2.05) is 42.3 Å². The highest BCUT2D eigenvalue weighted by Gasteiger charge is 2.11. The molecule has 1 nitrogen and oxygen atoms in total. The van der Waals surface area contributed by atoms with Gasteiger partial charge in [0.1, 0.15) is 5.82 Å². The Morgan fingerprint density at radius 1 is 1.00 bits per heavy atom. The van der Waals surface area contributed by atoms with E-state index in [1.165, 1.54) is 6.07 Å². The minimum Gasteiger partial charge on any atom is -0.342 e. The maximum absolute atomic E-state index is 13.7. The molecule has 0 saturated heterocycles. The van der Waals surface area contributed by atoms with Gasteiger partial charge in [-0.1, -0.05) is 46.3 Å². The van der Waals surface area contributed by atoms with E-state index in [4.69, 9.17) is 0 Å². The number of rotatable bonds is 3. The maximum Gasteiger partial charge on any atom is 0.146 e. The third-order valence-electron chi connectivity index (χ3n) is 2.71. The van der Waals surface area contributed by atoms with Crippen LogP contribution in [0.3, 0.4) is 0 Å². The first-order valence-electron chi connectivity index (χ1n) is 5.36. The van der Waals surface area contributed by atoms with Gasteiger partial charge in [-0.25, -0.2) is 4.39 Å². The van der Waals surface area contributed by atoms with Gasteiger partial charge in [0, 0.05) is 18.1 Å². The first-order valence-corrected chi connectivity index (χ1v) is 6.48. The second kappa shape index (κ2) is 5.32. The Labute approximate surface area is 109 Å². The molecule has 0 radical (unpaired) electrons. The van der Waals surface area contributed by atoms with E-state index in [1.54, 1.807) is 12.1 Å². The van der Waals surface area contributed by atoms with E-state index < -0.39 is 0 Å². The average Bonchev–Trinajstić information content (AvgIpc) is 2.38. The summed E-state index contributed by atoms with van der Waals surface area (Å²) < 4.78 is 13.7. The smallest absolute Gasteiger partial charge is 0.146 e. The Morgan fingerprint density at radius 2 is 1.59 bits per heavy atom. The molecule has 0 aliphatic heterocycles. The predicted molar refractivity (Wildman–Crippen MR) is 73.5 cm³/mol. The highest BCUT2D eigenvalue weighted by molar-refractivity contribution is 9.08. The average molecular weight is 294 g/mol. The van der Waals surface area contributed by atoms with Crippen molar-refractivity contribution in [2.75, 3.05) is 11.9 Å². The van der Waals surface area contributed by atoms with Crippen molar-refractivity contribution in [3.63, 3.8) is 0 Å². The molecule has 0 atom stereocenters. The summed E-state index contributed by atoms with van der Waals surface area (Å²) >= 11 is 3.45. The van der Waals surface area contributed by atoms with E-state index >= 15 is 0 Å². The van der Waals surface area contributed by atoms with Crippen LogP contribution in [0.15, 0.2) is 48.5 Å². The van der Waals surface area contributed by atoms with Gasteiger partial charge in [0.2, 0.25) is 0 Å². The summed E-state index contributed by atoms with van der Waals surface area (Å²) in [6.07, 6.45) is 0. The largest absolute Gasteiger partial charge is 0.342 e. The summed E-state index contributed by atoms with van der Waals surface area (Å²) in [5.74, 6) is -0.209. The predicted octanol–water partition coefficient (Wildman–Crippen LogP) is 4.49. The van der Waals surface area contributed by atoms with Crippen LogP contribution in [-0.2, 0) is 5.33 Å². The normalized spacial score (nSPS) is 10.3. The van der Waals surface area contributed by atoms with E-state index in [2.05, 4.69) is 15.9 Å². The number of hydrogen-bond donors (Lipinski definition) is 0. The van der Waals surface area contributed by atoms with Crippen molar-refractivity contribution in [3.8, 4) is 0 Å². The van der Waals surface area contributed by atoms with E-state index in [-0.39, 0.29) is 5.82 Å². The molecule has 0 aromatic heterocycles. The quantitative estimate of drug-likeness (QED) is 0.754. The molecule has 17 heavy (non-hydrogen) atoms. The van der Waals surface area contributed by atoms with Crippen molar-refractivity contribution in [2.24, 2.45) is 0 Å². The molecule has 88 valence electrons. The molecule has 2 rings (SSSR count). The summed E-state index contributed by atoms with van der Waals surface area (Å²) in [6.45, 7) is 0. The molecule has 3 heteroatoms. The number of hydrogen-bond acceptors (Lipinski definition) is 1. The van der Waals surface area contributed by atoms with Gasteiger partial charge in [-0.15, -0.1) is 0 Å². The first kappa shape index (κ1) is 12.1. The van der Waals surface area contributed by atoms with Crippen molar-refractivity contribution < 1.29 is 4.39 Å². The van der Waals surface area contributed by atoms with Crippen molar-refractivity contribution in [1.82, 2.24) is 0 Å². The Morgan fingerprint density at radius 3 is 2.24 bits per heavy atom. The number of benzene rings is 2. The summed E-state index contributed by atoms with van der Waals surface area (Å²) in [4.78, 5) is 1.87. The van der Waals surface area contributed by atoms with E-state index in [0.717, 1.165) is 16.6 Å². The van der Waals surface area contributed by atoms with Crippen LogP contribution < -0.4 is 4.90 Å². The molecule has 0 aliphatic rings. The van der Waals surface area contributed by atoms with Gasteiger partial charge in [-0.05, 0) is 23.8 Å². The Kier molecular flexibility index (Phi) is 3.79. The van der Waals surface area contributed by atoms with Gasteiger partial charge in [-0.2, -0.15) is 0 Å². The summed E-state index contributed by atoms with van der Waals surface area (Å²) in [6, 6.07) is 14.7. The van der Waals surface area contributed by atoms with Crippen LogP contribution in [-0.4, -0.2) is 7.05 Å². The molecule has 0 unspecified atom stereocenters. The molecular weight excluding hydrogens is 281 g/mol. The third-order valence-corrected chi connectivity index (χ3v) is 3.31. The summed E-state index contributed by atoms with van der Waals surface area (Å²) in [7, 11) is 1.87. The van der Waals surface area contributed by atoms with Crippen LogP contribution >= 0.6 is 15.9 Å². The molecule has 0 aliphatic carbocycles. The monoisotopic (exact) mass is 293 g/mol. The lowest BCUT2D eigenvalue weighted by molar-refractivity contribution is 0.627. The van der Waals surface area contributed by atoms with Crippen LogP contribution in [0.25, 0.3) is 0 Å². The Hall–Kier alpha value is -1.35. The fourth-order valence-corrected chi connectivity index (χ4v) is 2.28. The zero-order chi connectivity index (χ0) is 12.3. The zero-order valence-corrected chi connectivity index (χ0v) is 11.1. The molecule has 0 bridgehead atoms. The molecular formula is C14H13BrFN. The molecule has 0 spiro atoms. The van der Waals surface area contributed by atoms with Gasteiger partial charge >= 0.3 is 0 Å². The van der Waals surface area contributed by atoms with Crippen molar-refractivity contribution >= 4 is 27.3 Å². The standard InChI is InChI=1S/C14H13BrFN/c1-17(14-9-5-3-7-12(14)16)13-8-4-2-6-11(13)10-15/h2-9H,10H2,1H3. The fraction of sp³-hybridized carbons (Fsp3) is 0.143. The lowest BCUT2D eigenvalue weighted by atomic mass is 10.1. The van der Waals surface area contributed by atoms with Crippen LogP contribution in [0.1, 0.15) is 5.56 Å². The molecule has 2 aromatic rings.